The number of benzene rings is 1. The number of pyridine rings is 1. The molecule has 0 bridgehead atoms. The van der Waals surface area contributed by atoms with E-state index in [0.29, 0.717) is 0 Å². The third kappa shape index (κ3) is 5.33. The maximum atomic E-state index is 13.9. The van der Waals surface area contributed by atoms with Gasteiger partial charge in [-0.2, -0.15) is 0 Å². The summed E-state index contributed by atoms with van der Waals surface area (Å²) in [5.41, 5.74) is 4.68. The van der Waals surface area contributed by atoms with Gasteiger partial charge in [-0.25, -0.2) is 0 Å². The number of carbonyl (C=O) groups is 2. The van der Waals surface area contributed by atoms with E-state index in [1.165, 1.54) is 0 Å². The van der Waals surface area contributed by atoms with Crippen LogP contribution in [0.2, 0.25) is 0 Å². The highest BCUT2D eigenvalue weighted by molar-refractivity contribution is 7.10. The van der Waals surface area contributed by atoms with E-state index in [0.717, 1.165) is 58.5 Å². The minimum atomic E-state index is -0.763. The SMILES string of the molecule is Cc1cc(C)c(N(C(=O)Cc2cccs2)[C@H](C(=O)NC2CCCC2)c2ccncc2)c(C)c1. The molecule has 4 rings (SSSR count). The second kappa shape index (κ2) is 10.3. The van der Waals surface area contributed by atoms with Crippen molar-refractivity contribution in [2.24, 2.45) is 0 Å². The molecule has 0 saturated heterocycles. The normalized spacial score (nSPS) is 14.8. The third-order valence-electron chi connectivity index (χ3n) is 6.28. The minimum Gasteiger partial charge on any atom is -0.351 e. The number of nitrogens with one attached hydrogen (secondary N) is 1. The fraction of sp³-hybridized carbons (Fsp3) is 0.370. The highest BCUT2D eigenvalue weighted by Gasteiger charge is 2.35. The zero-order valence-electron chi connectivity index (χ0n) is 19.5. The fourth-order valence-corrected chi connectivity index (χ4v) is 5.61. The van der Waals surface area contributed by atoms with Crippen LogP contribution in [0.1, 0.15) is 58.9 Å². The number of nitrogens with zero attached hydrogens (tertiary/aromatic N) is 2. The van der Waals surface area contributed by atoms with Crippen LogP contribution in [0.15, 0.2) is 54.2 Å². The molecule has 0 radical (unpaired) electrons. The van der Waals surface area contributed by atoms with Crippen LogP contribution < -0.4 is 10.2 Å². The monoisotopic (exact) mass is 461 g/mol. The summed E-state index contributed by atoms with van der Waals surface area (Å²) >= 11 is 1.56. The van der Waals surface area contributed by atoms with E-state index in [2.05, 4.69) is 29.4 Å². The van der Waals surface area contributed by atoms with Crippen LogP contribution in [0.3, 0.4) is 0 Å². The van der Waals surface area contributed by atoms with Crippen molar-refractivity contribution in [1.82, 2.24) is 10.3 Å². The molecule has 2 heterocycles. The molecule has 0 spiro atoms. The first kappa shape index (κ1) is 23.2. The van der Waals surface area contributed by atoms with Crippen molar-refractivity contribution in [1.29, 1.82) is 0 Å². The van der Waals surface area contributed by atoms with Gasteiger partial charge < -0.3 is 5.32 Å². The lowest BCUT2D eigenvalue weighted by Gasteiger charge is -2.34. The van der Waals surface area contributed by atoms with Crippen molar-refractivity contribution >= 4 is 28.8 Å². The number of carbonyl (C=O) groups excluding carboxylic acids is 2. The largest absolute Gasteiger partial charge is 0.351 e. The van der Waals surface area contributed by atoms with E-state index >= 15 is 0 Å². The predicted molar refractivity (Wildman–Crippen MR) is 134 cm³/mol. The number of aromatic nitrogens is 1. The lowest BCUT2D eigenvalue weighted by Crippen LogP contribution is -2.47. The predicted octanol–water partition coefficient (Wildman–Crippen LogP) is 5.44. The molecule has 1 aromatic carbocycles. The van der Waals surface area contributed by atoms with Gasteiger partial charge in [0.15, 0.2) is 0 Å². The van der Waals surface area contributed by atoms with Crippen molar-refractivity contribution in [2.75, 3.05) is 4.90 Å². The number of thiophene rings is 1. The van der Waals surface area contributed by atoms with Gasteiger partial charge in [-0.15, -0.1) is 11.3 Å². The quantitative estimate of drug-likeness (QED) is 0.509. The molecule has 2 aromatic heterocycles. The van der Waals surface area contributed by atoms with E-state index in [1.807, 2.05) is 43.5 Å². The first-order chi connectivity index (χ1) is 15.9. The van der Waals surface area contributed by atoms with Crippen molar-refractivity contribution < 1.29 is 9.59 Å². The second-order valence-corrected chi connectivity index (χ2v) is 9.97. The zero-order chi connectivity index (χ0) is 23.4. The van der Waals surface area contributed by atoms with Gasteiger partial charge in [-0.3, -0.25) is 19.5 Å². The van der Waals surface area contributed by atoms with Gasteiger partial charge in [0, 0.05) is 23.3 Å². The van der Waals surface area contributed by atoms with Crippen LogP contribution >= 0.6 is 11.3 Å². The van der Waals surface area contributed by atoms with Crippen LogP contribution in [0.5, 0.6) is 0 Å². The molecule has 2 amide bonds. The highest BCUT2D eigenvalue weighted by Crippen LogP contribution is 2.35. The van der Waals surface area contributed by atoms with Crippen molar-refractivity contribution in [3.8, 4) is 0 Å². The van der Waals surface area contributed by atoms with Crippen LogP contribution in [0, 0.1) is 20.8 Å². The number of amides is 2. The van der Waals surface area contributed by atoms with Crippen LogP contribution in [0.4, 0.5) is 5.69 Å². The molecule has 33 heavy (non-hydrogen) atoms. The molecule has 1 aliphatic rings. The van der Waals surface area contributed by atoms with E-state index in [1.54, 1.807) is 28.6 Å². The van der Waals surface area contributed by atoms with E-state index in [9.17, 15) is 9.59 Å². The first-order valence-electron chi connectivity index (χ1n) is 11.6. The lowest BCUT2D eigenvalue weighted by molar-refractivity contribution is -0.127. The number of rotatable bonds is 7. The standard InChI is InChI=1S/C27H31N3O2S/c1-18-15-19(2)25(20(3)16-18)30(24(31)17-23-9-6-14-33-23)26(21-10-12-28-13-11-21)27(32)29-22-7-4-5-8-22/h6,9-16,22,26H,4-5,7-8,17H2,1-3H3,(H,29,32)/t26-/m0/s1. The minimum absolute atomic E-state index is 0.0871. The van der Waals surface area contributed by atoms with Gasteiger partial charge in [-0.05, 0) is 73.9 Å². The summed E-state index contributed by atoms with van der Waals surface area (Å²) in [5, 5.41) is 5.22. The Balaban J connectivity index is 1.82. The Morgan fingerprint density at radius 3 is 2.36 bits per heavy atom. The molecule has 1 N–H and O–H groups in total. The molecule has 0 aliphatic heterocycles. The smallest absolute Gasteiger partial charge is 0.248 e. The van der Waals surface area contributed by atoms with Crippen molar-refractivity contribution in [3.05, 3.63) is 81.3 Å². The molecule has 1 fully saturated rings. The first-order valence-corrected chi connectivity index (χ1v) is 12.4. The lowest BCUT2D eigenvalue weighted by atomic mass is 9.98. The average molecular weight is 462 g/mol. The number of anilines is 1. The van der Waals surface area contributed by atoms with Gasteiger partial charge in [0.05, 0.1) is 12.1 Å². The topological polar surface area (TPSA) is 62.3 Å². The molecule has 1 saturated carbocycles. The van der Waals surface area contributed by atoms with E-state index < -0.39 is 6.04 Å². The van der Waals surface area contributed by atoms with E-state index in [-0.39, 0.29) is 24.3 Å². The molecule has 0 unspecified atom stereocenters. The number of aryl methyl sites for hydroxylation is 3. The highest BCUT2D eigenvalue weighted by atomic mass is 32.1. The summed E-state index contributed by atoms with van der Waals surface area (Å²) < 4.78 is 0. The zero-order valence-corrected chi connectivity index (χ0v) is 20.3. The van der Waals surface area contributed by atoms with Gasteiger partial charge >= 0.3 is 0 Å². The Labute approximate surface area is 199 Å². The van der Waals surface area contributed by atoms with Crippen molar-refractivity contribution in [3.63, 3.8) is 0 Å². The van der Waals surface area contributed by atoms with Gasteiger partial charge in [0.25, 0.3) is 0 Å². The Kier molecular flexibility index (Phi) is 7.23. The van der Waals surface area contributed by atoms with Crippen LogP contribution in [-0.4, -0.2) is 22.8 Å². The Hall–Kier alpha value is -2.99. The van der Waals surface area contributed by atoms with Gasteiger partial charge in [0.1, 0.15) is 6.04 Å². The summed E-state index contributed by atoms with van der Waals surface area (Å²) in [5.74, 6) is -0.220. The second-order valence-electron chi connectivity index (χ2n) is 8.94. The number of hydrogen-bond donors (Lipinski definition) is 1. The fourth-order valence-electron chi connectivity index (χ4n) is 4.91. The summed E-state index contributed by atoms with van der Waals surface area (Å²) in [7, 11) is 0. The average Bonchev–Trinajstić information content (AvgIpc) is 3.47. The van der Waals surface area contributed by atoms with Crippen LogP contribution in [-0.2, 0) is 16.0 Å². The van der Waals surface area contributed by atoms with Gasteiger partial charge in [0.2, 0.25) is 11.8 Å². The number of hydrogen-bond acceptors (Lipinski definition) is 4. The molecule has 172 valence electrons. The van der Waals surface area contributed by atoms with Crippen molar-refractivity contribution in [2.45, 2.75) is 65.0 Å². The Morgan fingerprint density at radius 2 is 1.76 bits per heavy atom. The molecular formula is C27H31N3O2S. The summed E-state index contributed by atoms with van der Waals surface area (Å²) in [6, 6.07) is 11.1. The molecule has 6 heteroatoms. The summed E-state index contributed by atoms with van der Waals surface area (Å²) in [4.78, 5) is 34.5. The van der Waals surface area contributed by atoms with Gasteiger partial charge in [-0.1, -0.05) is 36.6 Å². The van der Waals surface area contributed by atoms with Crippen LogP contribution in [0.25, 0.3) is 0 Å². The molecule has 1 aliphatic carbocycles. The maximum absolute atomic E-state index is 13.9. The Bertz CT molecular complexity index is 1080. The molecule has 3 aromatic rings. The summed E-state index contributed by atoms with van der Waals surface area (Å²) in [6.45, 7) is 6.08. The molecule has 5 nitrogen and oxygen atoms in total. The molecular weight excluding hydrogens is 430 g/mol. The summed E-state index contributed by atoms with van der Waals surface area (Å²) in [6.07, 6.45) is 7.85. The van der Waals surface area contributed by atoms with E-state index in [4.69, 9.17) is 0 Å². The third-order valence-corrected chi connectivity index (χ3v) is 7.16. The molecule has 1 atom stereocenters. The Morgan fingerprint density at radius 1 is 1.09 bits per heavy atom. The maximum Gasteiger partial charge on any atom is 0.248 e.